The van der Waals surface area contributed by atoms with E-state index in [1.54, 1.807) is 0 Å². The van der Waals surface area contributed by atoms with E-state index < -0.39 is 0 Å². The molecule has 0 saturated carbocycles. The first-order valence-corrected chi connectivity index (χ1v) is 2.80. The van der Waals surface area contributed by atoms with Crippen LogP contribution in [0.2, 0.25) is 0 Å². The van der Waals surface area contributed by atoms with Gasteiger partial charge in [-0.3, -0.25) is 0 Å². The second-order valence-electron chi connectivity index (χ2n) is 1.02. The summed E-state index contributed by atoms with van der Waals surface area (Å²) >= 11 is 1.96. The maximum absolute atomic E-state index is 5.17. The van der Waals surface area contributed by atoms with Gasteiger partial charge in [-0.15, -0.1) is 0 Å². The Kier molecular flexibility index (Phi) is 3.65. The van der Waals surface area contributed by atoms with Crippen LogP contribution in [0, 0.1) is 0 Å². The smallest absolute Gasteiger partial charge is 0.120 e. The molecule has 0 aliphatic rings. The lowest BCUT2D eigenvalue weighted by Crippen LogP contribution is -2.32. The van der Waals surface area contributed by atoms with Gasteiger partial charge in [-0.05, 0) is 0 Å². The SMILES string of the molecule is [B]B([B])B([B])I. The van der Waals surface area contributed by atoms with Crippen molar-refractivity contribution in [2.75, 3.05) is 0 Å². The first-order chi connectivity index (χ1) is 2.64. The third-order valence-corrected chi connectivity index (χ3v) is 1.20. The molecule has 0 aliphatic carbocycles. The fraction of sp³-hybridized carbons (Fsp3) is 0. The summed E-state index contributed by atoms with van der Waals surface area (Å²) < 4.78 is -0.123. The molecule has 0 amide bonds. The average Bonchev–Trinajstić information content (AvgIpc) is 1.36. The zero-order chi connectivity index (χ0) is 5.15. The summed E-state index contributed by atoms with van der Waals surface area (Å²) in [6.45, 7) is 0. The zero-order valence-corrected chi connectivity index (χ0v) is 5.42. The summed E-state index contributed by atoms with van der Waals surface area (Å²) in [6.07, 6.45) is -0.384. The fourth-order valence-electron chi connectivity index (χ4n) is 0. The summed E-state index contributed by atoms with van der Waals surface area (Å²) in [5.74, 6) is 0. The minimum atomic E-state index is -0.384. The zero-order valence-electron chi connectivity index (χ0n) is 3.26. The summed E-state index contributed by atoms with van der Waals surface area (Å²) in [4.78, 5) is 0. The van der Waals surface area contributed by atoms with E-state index >= 15 is 0 Å². The molecule has 0 N–H and O–H groups in total. The van der Waals surface area contributed by atoms with E-state index in [0.29, 0.717) is 0 Å². The summed E-state index contributed by atoms with van der Waals surface area (Å²) in [5, 5.41) is 0. The molecule has 0 spiro atoms. The Bertz CT molecular complexity index is 24.9. The first kappa shape index (κ1) is 7.05. The van der Waals surface area contributed by atoms with Crippen LogP contribution in [0.4, 0.5) is 0 Å². The van der Waals surface area contributed by atoms with Crippen LogP contribution < -0.4 is 0 Å². The second-order valence-corrected chi connectivity index (χ2v) is 2.46. The van der Waals surface area contributed by atoms with Gasteiger partial charge in [0.1, 0.15) is 4.35 Å². The van der Waals surface area contributed by atoms with Crippen molar-refractivity contribution < 1.29 is 0 Å². The van der Waals surface area contributed by atoms with Crippen molar-refractivity contribution in [3.05, 3.63) is 0 Å². The van der Waals surface area contributed by atoms with Gasteiger partial charge in [-0.2, -0.15) is 22.4 Å². The van der Waals surface area contributed by atoms with Crippen LogP contribution in [-0.4, -0.2) is 33.9 Å². The molecule has 0 unspecified atom stereocenters. The third-order valence-electron chi connectivity index (χ3n) is 0.368. The number of rotatable bonds is 1. The molecule has 0 rings (SSSR count). The predicted molar refractivity (Wildman–Crippen MR) is 42.8 cm³/mol. The number of hydrogen-bond donors (Lipinski definition) is 0. The molecule has 0 bridgehead atoms. The quantitative estimate of drug-likeness (QED) is 0.359. The molecule has 6 heteroatoms. The molecule has 0 aromatic carbocycles. The molecule has 0 heterocycles. The van der Waals surface area contributed by atoms with Crippen molar-refractivity contribution in [1.82, 2.24) is 0 Å². The van der Waals surface area contributed by atoms with Crippen LogP contribution in [-0.2, 0) is 0 Å². The summed E-state index contributed by atoms with van der Waals surface area (Å²) in [5.41, 5.74) is 0. The molecular formula is B5I. The van der Waals surface area contributed by atoms with Crippen LogP contribution in [0.3, 0.4) is 0 Å². The molecule has 6 radical (unpaired) electrons. The van der Waals surface area contributed by atoms with Crippen LogP contribution in [0.15, 0.2) is 0 Å². The van der Waals surface area contributed by atoms with Crippen LogP contribution in [0.1, 0.15) is 0 Å². The van der Waals surface area contributed by atoms with E-state index in [1.165, 1.54) is 0 Å². The Balaban J connectivity index is 2.99. The lowest BCUT2D eigenvalue weighted by Gasteiger charge is -1.97. The van der Waals surface area contributed by atoms with Crippen molar-refractivity contribution in [3.63, 3.8) is 0 Å². The maximum Gasteiger partial charge on any atom is 0.120 e. The van der Waals surface area contributed by atoms with Crippen LogP contribution in [0.25, 0.3) is 0 Å². The van der Waals surface area contributed by atoms with Crippen LogP contribution in [0.5, 0.6) is 0 Å². The van der Waals surface area contributed by atoms with Gasteiger partial charge < -0.3 is 0 Å². The average molecular weight is 181 g/mol. The molecular weight excluding hydrogens is 181 g/mol. The largest absolute Gasteiger partial charge is 0.173 e. The normalized spacial score (nSPS) is 7.50. The van der Waals surface area contributed by atoms with Crippen molar-refractivity contribution >= 4 is 56.3 Å². The predicted octanol–water partition coefficient (Wildman–Crippen LogP) is -1.02. The Morgan fingerprint density at radius 1 is 1.17 bits per heavy atom. The lowest BCUT2D eigenvalue weighted by atomic mass is 8.96. The van der Waals surface area contributed by atoms with Crippen molar-refractivity contribution in [2.24, 2.45) is 0 Å². The van der Waals surface area contributed by atoms with Crippen molar-refractivity contribution in [1.29, 1.82) is 0 Å². The highest BCUT2D eigenvalue weighted by Gasteiger charge is 2.04. The molecule has 0 fully saturated rings. The standard InChI is InChI=1S/B5I/c1-4(2)5(3)6. The number of hydrogen-bond acceptors (Lipinski definition) is 0. The second kappa shape index (κ2) is 3.11. The van der Waals surface area contributed by atoms with Gasteiger partial charge >= 0.3 is 0 Å². The topological polar surface area (TPSA) is 0 Å². The Morgan fingerprint density at radius 3 is 1.33 bits per heavy atom. The van der Waals surface area contributed by atoms with Gasteiger partial charge in [0.15, 0.2) is 0 Å². The maximum atomic E-state index is 5.17. The van der Waals surface area contributed by atoms with Gasteiger partial charge in [0.2, 0.25) is 0 Å². The highest BCUT2D eigenvalue weighted by Crippen LogP contribution is 1.85. The molecule has 6 heavy (non-hydrogen) atoms. The van der Waals surface area contributed by atoms with Gasteiger partial charge in [-0.1, -0.05) is 0 Å². The molecule has 0 atom stereocenters. The van der Waals surface area contributed by atoms with E-state index in [-0.39, 0.29) is 10.7 Å². The molecule has 0 nitrogen and oxygen atoms in total. The molecule has 22 valence electrons. The van der Waals surface area contributed by atoms with Crippen LogP contribution >= 0.6 is 22.4 Å². The monoisotopic (exact) mass is 182 g/mol. The minimum Gasteiger partial charge on any atom is -0.173 e. The highest BCUT2D eigenvalue weighted by molar-refractivity contribution is 14.1. The van der Waals surface area contributed by atoms with Gasteiger partial charge in [0.25, 0.3) is 0 Å². The summed E-state index contributed by atoms with van der Waals surface area (Å²) in [6, 6.07) is 0. The molecule has 0 saturated heterocycles. The minimum absolute atomic E-state index is 0.123. The Hall–Kier alpha value is 1.05. The van der Waals surface area contributed by atoms with Gasteiger partial charge in [-0.25, -0.2) is 0 Å². The number of halogens is 1. The molecule has 0 aliphatic heterocycles. The first-order valence-electron chi connectivity index (χ1n) is 1.55. The summed E-state index contributed by atoms with van der Waals surface area (Å²) in [7, 11) is 15.3. The van der Waals surface area contributed by atoms with E-state index in [1.807, 2.05) is 22.4 Å². The van der Waals surface area contributed by atoms with E-state index in [4.69, 9.17) is 23.2 Å². The van der Waals surface area contributed by atoms with Gasteiger partial charge in [0, 0.05) is 29.6 Å². The fourth-order valence-corrected chi connectivity index (χ4v) is 0. The lowest BCUT2D eigenvalue weighted by molar-refractivity contribution is 3.88. The third kappa shape index (κ3) is 3.25. The van der Waals surface area contributed by atoms with E-state index in [9.17, 15) is 0 Å². The molecule has 0 aromatic heterocycles. The van der Waals surface area contributed by atoms with E-state index in [2.05, 4.69) is 0 Å². The van der Waals surface area contributed by atoms with Crippen molar-refractivity contribution in [3.8, 4) is 0 Å². The van der Waals surface area contributed by atoms with Gasteiger partial charge in [0.05, 0.1) is 0 Å². The Morgan fingerprint density at radius 2 is 1.33 bits per heavy atom. The molecule has 0 aromatic rings. The Labute approximate surface area is 56.4 Å². The highest BCUT2D eigenvalue weighted by atomic mass is 127. The van der Waals surface area contributed by atoms with Crippen molar-refractivity contribution in [2.45, 2.75) is 0 Å². The van der Waals surface area contributed by atoms with E-state index in [0.717, 1.165) is 0 Å².